The molecule has 5 fully saturated rings. The first-order valence-corrected chi connectivity index (χ1v) is 11.3. The van der Waals surface area contributed by atoms with Crippen molar-refractivity contribution in [2.24, 2.45) is 22.7 Å². The topological polar surface area (TPSA) is 133 Å². The first-order valence-electron chi connectivity index (χ1n) is 11.3. The number of Topliss-reactive ketones (excluding diaryl/α,β-unsaturated/α-hetero) is 1. The average Bonchev–Trinajstić information content (AvgIpc) is 3.08. The summed E-state index contributed by atoms with van der Waals surface area (Å²) in [6.07, 6.45) is 4.85. The standard InChI is InChI=1S/C24H29NO7/c1-22(7-6-17(28)25-18-14(26)4-3-13(19(18)29)21(30)31)16(27)5-8-24-10-12-9-15(20(22)24)32-23(12,2)11-24/h3-4,12,15,20,26,29H,5-11H2,1-2H3,(H,25,28)(H,30,31)/t12?,15-,20?,22+,23-,24-/m0/s1. The number of carboxylic acids is 1. The minimum Gasteiger partial charge on any atom is -0.506 e. The molecule has 8 heteroatoms. The van der Waals surface area contributed by atoms with Gasteiger partial charge in [0.25, 0.3) is 0 Å². The summed E-state index contributed by atoms with van der Waals surface area (Å²) < 4.78 is 6.44. The van der Waals surface area contributed by atoms with Gasteiger partial charge >= 0.3 is 5.97 Å². The van der Waals surface area contributed by atoms with Crippen molar-refractivity contribution in [1.82, 2.24) is 0 Å². The fourth-order valence-corrected chi connectivity index (χ4v) is 7.60. The van der Waals surface area contributed by atoms with Crippen LogP contribution in [0.4, 0.5) is 5.69 Å². The monoisotopic (exact) mass is 443 g/mol. The van der Waals surface area contributed by atoms with Crippen LogP contribution >= 0.6 is 0 Å². The van der Waals surface area contributed by atoms with Crippen molar-refractivity contribution in [2.75, 3.05) is 5.32 Å². The van der Waals surface area contributed by atoms with Gasteiger partial charge in [-0.25, -0.2) is 4.79 Å². The lowest BCUT2D eigenvalue weighted by Crippen LogP contribution is -2.58. The molecule has 2 aliphatic heterocycles. The predicted molar refractivity (Wildman–Crippen MR) is 113 cm³/mol. The maximum atomic E-state index is 13.2. The molecule has 1 spiro atoms. The number of amides is 1. The van der Waals surface area contributed by atoms with Crippen LogP contribution in [0, 0.1) is 22.7 Å². The number of phenols is 2. The van der Waals surface area contributed by atoms with Gasteiger partial charge in [0.2, 0.25) is 5.91 Å². The smallest absolute Gasteiger partial charge is 0.339 e. The molecule has 3 saturated carbocycles. The molecule has 6 rings (SSSR count). The van der Waals surface area contributed by atoms with Crippen molar-refractivity contribution >= 4 is 23.3 Å². The minimum atomic E-state index is -1.37. The number of ether oxygens (including phenoxy) is 1. The first-order chi connectivity index (χ1) is 15.0. The van der Waals surface area contributed by atoms with Gasteiger partial charge in [0.05, 0.1) is 11.7 Å². The highest BCUT2D eigenvalue weighted by Gasteiger charge is 2.72. The highest BCUT2D eigenvalue weighted by atomic mass is 16.5. The molecule has 32 heavy (non-hydrogen) atoms. The van der Waals surface area contributed by atoms with E-state index in [4.69, 9.17) is 9.84 Å². The molecule has 2 unspecified atom stereocenters. The van der Waals surface area contributed by atoms with Gasteiger partial charge in [-0.2, -0.15) is 0 Å². The van der Waals surface area contributed by atoms with E-state index in [0.29, 0.717) is 18.8 Å². The van der Waals surface area contributed by atoms with Crippen molar-refractivity contribution < 1.29 is 34.4 Å². The van der Waals surface area contributed by atoms with E-state index in [1.807, 2.05) is 6.92 Å². The lowest BCUT2D eigenvalue weighted by Gasteiger charge is -2.57. The summed E-state index contributed by atoms with van der Waals surface area (Å²) in [6, 6.07) is 2.17. The van der Waals surface area contributed by atoms with E-state index in [-0.39, 0.29) is 40.9 Å². The van der Waals surface area contributed by atoms with Crippen LogP contribution in [0.2, 0.25) is 0 Å². The second-order valence-electron chi connectivity index (χ2n) is 10.7. The van der Waals surface area contributed by atoms with Gasteiger partial charge in [-0.3, -0.25) is 9.59 Å². The van der Waals surface area contributed by atoms with Gasteiger partial charge in [0.1, 0.15) is 22.8 Å². The van der Waals surface area contributed by atoms with E-state index < -0.39 is 34.4 Å². The number of nitrogens with one attached hydrogen (secondary N) is 1. The van der Waals surface area contributed by atoms with E-state index in [9.17, 15) is 24.6 Å². The van der Waals surface area contributed by atoms with E-state index in [0.717, 1.165) is 37.8 Å². The summed E-state index contributed by atoms with van der Waals surface area (Å²) in [5.74, 6) is -2.18. The van der Waals surface area contributed by atoms with Crippen molar-refractivity contribution in [1.29, 1.82) is 0 Å². The zero-order valence-electron chi connectivity index (χ0n) is 18.3. The number of rotatable bonds is 5. The van der Waals surface area contributed by atoms with Crippen LogP contribution in [0.3, 0.4) is 0 Å². The minimum absolute atomic E-state index is 0.0123. The number of anilines is 1. The van der Waals surface area contributed by atoms with Crippen LogP contribution in [-0.4, -0.2) is 44.7 Å². The Hall–Kier alpha value is -2.61. The number of carbonyl (C=O) groups excluding carboxylic acids is 2. The molecular formula is C24H29NO7. The molecule has 4 N–H and O–H groups in total. The summed E-state index contributed by atoms with van der Waals surface area (Å²) in [5, 5.41) is 31.8. The number of hydrogen-bond acceptors (Lipinski definition) is 6. The van der Waals surface area contributed by atoms with Crippen LogP contribution in [-0.2, 0) is 14.3 Å². The Kier molecular flexibility index (Phi) is 4.45. The zero-order valence-corrected chi connectivity index (χ0v) is 18.3. The summed E-state index contributed by atoms with van der Waals surface area (Å²) in [5.41, 5.74) is -1.40. The number of phenolic OH excluding ortho intramolecular Hbond substituents is 1. The average molecular weight is 443 g/mol. The SMILES string of the molecule is C[C@]12C[C@@]34CCC(=O)[C@@](C)(CCC(=O)Nc5c(O)ccc(C(=O)O)c5O)C3[C@H](CC1C4)O2. The molecule has 4 bridgehead atoms. The molecule has 1 amide bonds. The van der Waals surface area contributed by atoms with Gasteiger partial charge in [0.15, 0.2) is 5.75 Å². The van der Waals surface area contributed by atoms with Crippen molar-refractivity contribution in [3.63, 3.8) is 0 Å². The molecule has 0 aromatic heterocycles. The summed E-state index contributed by atoms with van der Waals surface area (Å²) in [7, 11) is 0. The second kappa shape index (κ2) is 6.70. The number of carboxylic acid groups (broad SMARTS) is 1. The van der Waals surface area contributed by atoms with Gasteiger partial charge in [0, 0.05) is 24.2 Å². The molecule has 6 atom stereocenters. The van der Waals surface area contributed by atoms with E-state index in [1.54, 1.807) is 0 Å². The number of carbonyl (C=O) groups is 3. The van der Waals surface area contributed by atoms with Crippen LogP contribution in [0.5, 0.6) is 11.5 Å². The third-order valence-corrected chi connectivity index (χ3v) is 8.88. The van der Waals surface area contributed by atoms with E-state index in [1.165, 1.54) is 0 Å². The van der Waals surface area contributed by atoms with Gasteiger partial charge in [-0.15, -0.1) is 0 Å². The Morgan fingerprint density at radius 3 is 2.69 bits per heavy atom. The van der Waals surface area contributed by atoms with Crippen LogP contribution in [0.15, 0.2) is 12.1 Å². The maximum absolute atomic E-state index is 13.2. The molecular weight excluding hydrogens is 414 g/mol. The largest absolute Gasteiger partial charge is 0.506 e. The third-order valence-electron chi connectivity index (χ3n) is 8.88. The normalized spacial score (nSPS) is 39.2. The Labute approximate surface area is 186 Å². The Morgan fingerprint density at radius 2 is 2.00 bits per heavy atom. The molecule has 3 aliphatic carbocycles. The number of aromatic carboxylic acids is 1. The van der Waals surface area contributed by atoms with Crippen molar-refractivity contribution in [2.45, 2.75) is 70.5 Å². The quantitative estimate of drug-likeness (QED) is 0.512. The maximum Gasteiger partial charge on any atom is 0.339 e. The molecule has 2 saturated heterocycles. The third kappa shape index (κ3) is 2.81. The van der Waals surface area contributed by atoms with Gasteiger partial charge in [-0.05, 0) is 62.5 Å². The van der Waals surface area contributed by atoms with Crippen molar-refractivity contribution in [3.8, 4) is 11.5 Å². The highest BCUT2D eigenvalue weighted by Crippen LogP contribution is 2.73. The van der Waals surface area contributed by atoms with Crippen LogP contribution in [0.1, 0.15) is 69.2 Å². The molecule has 1 aromatic carbocycles. The number of ketones is 1. The number of hydrogen-bond donors (Lipinski definition) is 4. The highest BCUT2D eigenvalue weighted by molar-refractivity contribution is 5.99. The molecule has 1 aromatic rings. The van der Waals surface area contributed by atoms with Crippen molar-refractivity contribution in [3.05, 3.63) is 17.7 Å². The molecule has 2 heterocycles. The van der Waals surface area contributed by atoms with E-state index >= 15 is 0 Å². The lowest BCUT2D eigenvalue weighted by atomic mass is 9.48. The summed E-state index contributed by atoms with van der Waals surface area (Å²) in [4.78, 5) is 37.1. The molecule has 5 aliphatic rings. The number of benzene rings is 1. The fraction of sp³-hybridized carbons (Fsp3) is 0.625. The Morgan fingerprint density at radius 1 is 1.25 bits per heavy atom. The summed E-state index contributed by atoms with van der Waals surface area (Å²) >= 11 is 0. The molecule has 8 nitrogen and oxygen atoms in total. The van der Waals surface area contributed by atoms with Crippen LogP contribution < -0.4 is 5.32 Å². The second-order valence-corrected chi connectivity index (χ2v) is 10.7. The Bertz CT molecular complexity index is 1040. The van der Waals surface area contributed by atoms with Crippen LogP contribution in [0.25, 0.3) is 0 Å². The lowest BCUT2D eigenvalue weighted by molar-refractivity contribution is -0.191. The first kappa shape index (κ1) is 21.2. The number of aromatic hydroxyl groups is 2. The zero-order chi connectivity index (χ0) is 23.1. The molecule has 172 valence electrons. The van der Waals surface area contributed by atoms with Gasteiger partial charge in [-0.1, -0.05) is 6.92 Å². The predicted octanol–water partition coefficient (Wildman–Crippen LogP) is 3.46. The Balaban J connectivity index is 1.35. The van der Waals surface area contributed by atoms with E-state index in [2.05, 4.69) is 12.2 Å². The van der Waals surface area contributed by atoms with Gasteiger partial charge < -0.3 is 25.4 Å². The summed E-state index contributed by atoms with van der Waals surface area (Å²) in [6.45, 7) is 4.17. The fourth-order valence-electron chi connectivity index (χ4n) is 7.60. The molecule has 0 radical (unpaired) electrons.